The molecule has 0 atom stereocenters. The van der Waals surface area contributed by atoms with E-state index in [0.29, 0.717) is 31.9 Å². The molecule has 3 rings (SSSR count). The number of aromatic carboxylic acids is 1. The maximum atomic E-state index is 12.0. The summed E-state index contributed by atoms with van der Waals surface area (Å²) in [5, 5.41) is 29.3. The van der Waals surface area contributed by atoms with Gasteiger partial charge >= 0.3 is 5.97 Å². The van der Waals surface area contributed by atoms with Crippen molar-refractivity contribution in [3.8, 4) is 0 Å². The van der Waals surface area contributed by atoms with Crippen molar-refractivity contribution >= 4 is 23.3 Å². The zero-order valence-electron chi connectivity index (χ0n) is 15.1. The van der Waals surface area contributed by atoms with Crippen LogP contribution in [0.1, 0.15) is 20.7 Å². The molecule has 1 aliphatic heterocycles. The van der Waals surface area contributed by atoms with Crippen molar-refractivity contribution < 1.29 is 29.3 Å². The Balaban J connectivity index is 0.000000221. The van der Waals surface area contributed by atoms with Gasteiger partial charge in [-0.3, -0.25) is 25.0 Å². The highest BCUT2D eigenvalue weighted by molar-refractivity contribution is 5.94. The number of morpholine rings is 1. The highest BCUT2D eigenvalue weighted by atomic mass is 16.6. The van der Waals surface area contributed by atoms with Gasteiger partial charge in [0.05, 0.1) is 28.6 Å². The summed E-state index contributed by atoms with van der Waals surface area (Å²) in [4.78, 5) is 43.7. The molecule has 1 amide bonds. The molecule has 1 saturated heterocycles. The van der Waals surface area contributed by atoms with Crippen molar-refractivity contribution in [2.75, 3.05) is 26.3 Å². The van der Waals surface area contributed by atoms with E-state index < -0.39 is 15.8 Å². The molecule has 152 valence electrons. The number of carbonyl (C=O) groups excluding carboxylic acids is 1. The Morgan fingerprint density at radius 3 is 1.86 bits per heavy atom. The lowest BCUT2D eigenvalue weighted by atomic mass is 10.1. The molecule has 11 heteroatoms. The quantitative estimate of drug-likeness (QED) is 0.603. The summed E-state index contributed by atoms with van der Waals surface area (Å²) >= 11 is 0. The van der Waals surface area contributed by atoms with Gasteiger partial charge in [0, 0.05) is 42.9 Å². The van der Waals surface area contributed by atoms with E-state index in [1.165, 1.54) is 36.4 Å². The molecular weight excluding hydrogens is 386 g/mol. The van der Waals surface area contributed by atoms with Crippen LogP contribution in [-0.4, -0.2) is 58.0 Å². The summed E-state index contributed by atoms with van der Waals surface area (Å²) in [5.41, 5.74) is -0.00990. The monoisotopic (exact) mass is 403 g/mol. The van der Waals surface area contributed by atoms with Gasteiger partial charge in [-0.2, -0.15) is 0 Å². The molecule has 0 saturated carbocycles. The second-order valence-electron chi connectivity index (χ2n) is 5.82. The Morgan fingerprint density at radius 2 is 1.38 bits per heavy atom. The van der Waals surface area contributed by atoms with E-state index in [0.717, 1.165) is 6.07 Å². The van der Waals surface area contributed by atoms with Gasteiger partial charge in [-0.1, -0.05) is 12.1 Å². The lowest BCUT2D eigenvalue weighted by Gasteiger charge is -2.26. The van der Waals surface area contributed by atoms with Crippen molar-refractivity contribution in [1.29, 1.82) is 0 Å². The van der Waals surface area contributed by atoms with Crippen molar-refractivity contribution in [3.05, 3.63) is 79.9 Å². The molecule has 0 unspecified atom stereocenters. The van der Waals surface area contributed by atoms with E-state index in [9.17, 15) is 29.8 Å². The first kappa shape index (κ1) is 21.4. The summed E-state index contributed by atoms with van der Waals surface area (Å²) in [6.45, 7) is 2.09. The molecular formula is C18H17N3O8. The number of carbonyl (C=O) groups is 2. The molecule has 0 spiro atoms. The number of non-ortho nitro benzene ring substituents is 2. The van der Waals surface area contributed by atoms with Crippen LogP contribution >= 0.6 is 0 Å². The number of ether oxygens (including phenoxy) is 1. The third-order valence-corrected chi connectivity index (χ3v) is 3.91. The Morgan fingerprint density at radius 1 is 0.897 bits per heavy atom. The standard InChI is InChI=1S/C11H12N2O4.C7H5NO4/c14-11(12-4-6-17-7-5-12)9-2-1-3-10(8-9)13(15)16;9-7(10)5-2-1-3-6(4-5)8(11)12/h1-3,8H,4-7H2;1-4H,(H,9,10). The van der Waals surface area contributed by atoms with Crippen LogP contribution in [-0.2, 0) is 4.74 Å². The summed E-state index contributed by atoms with van der Waals surface area (Å²) < 4.78 is 5.15. The molecule has 1 N–H and O–H groups in total. The zero-order chi connectivity index (χ0) is 21.4. The Hall–Kier alpha value is -3.86. The topological polar surface area (TPSA) is 153 Å². The first-order chi connectivity index (χ1) is 13.8. The van der Waals surface area contributed by atoms with E-state index in [1.54, 1.807) is 11.0 Å². The van der Waals surface area contributed by atoms with Gasteiger partial charge in [-0.15, -0.1) is 0 Å². The normalized spacial score (nSPS) is 13.0. The first-order valence-electron chi connectivity index (χ1n) is 8.39. The number of hydrogen-bond acceptors (Lipinski definition) is 7. The van der Waals surface area contributed by atoms with Crippen LogP contribution in [0.3, 0.4) is 0 Å². The molecule has 2 aromatic rings. The minimum atomic E-state index is -1.17. The molecule has 11 nitrogen and oxygen atoms in total. The maximum absolute atomic E-state index is 12.0. The van der Waals surface area contributed by atoms with Gasteiger partial charge in [0.2, 0.25) is 0 Å². The molecule has 0 aromatic heterocycles. The average Bonchev–Trinajstić information content (AvgIpc) is 2.74. The zero-order valence-corrected chi connectivity index (χ0v) is 15.1. The van der Waals surface area contributed by atoms with Crippen molar-refractivity contribution in [2.45, 2.75) is 0 Å². The SMILES string of the molecule is O=C(O)c1cccc([N+](=O)[O-])c1.O=C(c1cccc([N+](=O)[O-])c1)N1CCOCC1. The van der Waals surface area contributed by atoms with Crippen LogP contribution in [0.15, 0.2) is 48.5 Å². The number of carboxylic acids is 1. The molecule has 1 aliphatic rings. The minimum absolute atomic E-state index is 0.0656. The fourth-order valence-electron chi connectivity index (χ4n) is 2.45. The van der Waals surface area contributed by atoms with Crippen molar-refractivity contribution in [1.82, 2.24) is 4.90 Å². The maximum Gasteiger partial charge on any atom is 0.335 e. The molecule has 2 aromatic carbocycles. The van der Waals surface area contributed by atoms with E-state index >= 15 is 0 Å². The second-order valence-corrected chi connectivity index (χ2v) is 5.82. The number of carboxylic acid groups (broad SMARTS) is 1. The Labute approximate surface area is 164 Å². The van der Waals surface area contributed by atoms with Crippen molar-refractivity contribution in [2.24, 2.45) is 0 Å². The minimum Gasteiger partial charge on any atom is -0.478 e. The lowest BCUT2D eigenvalue weighted by Crippen LogP contribution is -2.40. The number of amides is 1. The fraction of sp³-hybridized carbons (Fsp3) is 0.222. The van der Waals surface area contributed by atoms with Crippen LogP contribution in [0.4, 0.5) is 11.4 Å². The predicted octanol–water partition coefficient (Wildman–Crippen LogP) is 2.36. The van der Waals surface area contributed by atoms with Crippen LogP contribution in [0.5, 0.6) is 0 Å². The van der Waals surface area contributed by atoms with Crippen molar-refractivity contribution in [3.63, 3.8) is 0 Å². The fourth-order valence-corrected chi connectivity index (χ4v) is 2.45. The van der Waals surface area contributed by atoms with Gasteiger partial charge in [0.1, 0.15) is 0 Å². The number of nitro groups is 2. The van der Waals surface area contributed by atoms with Gasteiger partial charge in [0.15, 0.2) is 0 Å². The van der Waals surface area contributed by atoms with Gasteiger partial charge in [-0.05, 0) is 12.1 Å². The van der Waals surface area contributed by atoms with Crippen LogP contribution < -0.4 is 0 Å². The van der Waals surface area contributed by atoms with E-state index in [4.69, 9.17) is 9.84 Å². The van der Waals surface area contributed by atoms with Crippen LogP contribution in [0.2, 0.25) is 0 Å². The van der Waals surface area contributed by atoms with Crippen LogP contribution in [0.25, 0.3) is 0 Å². The third-order valence-electron chi connectivity index (χ3n) is 3.91. The Bertz CT molecular complexity index is 896. The van der Waals surface area contributed by atoms with Gasteiger partial charge in [-0.25, -0.2) is 4.79 Å². The molecule has 0 bridgehead atoms. The van der Waals surface area contributed by atoms with E-state index in [-0.39, 0.29) is 22.8 Å². The van der Waals surface area contributed by atoms with Gasteiger partial charge in [0.25, 0.3) is 17.3 Å². The molecule has 29 heavy (non-hydrogen) atoms. The predicted molar refractivity (Wildman–Crippen MR) is 99.9 cm³/mol. The lowest BCUT2D eigenvalue weighted by molar-refractivity contribution is -0.385. The molecule has 0 radical (unpaired) electrons. The molecule has 0 aliphatic carbocycles. The number of nitro benzene ring substituents is 2. The molecule has 1 heterocycles. The van der Waals surface area contributed by atoms with E-state index in [1.807, 2.05) is 0 Å². The smallest absolute Gasteiger partial charge is 0.335 e. The van der Waals surface area contributed by atoms with E-state index in [2.05, 4.69) is 0 Å². The highest BCUT2D eigenvalue weighted by Gasteiger charge is 2.20. The molecule has 1 fully saturated rings. The number of benzene rings is 2. The first-order valence-corrected chi connectivity index (χ1v) is 8.39. The summed E-state index contributed by atoms with van der Waals surface area (Å²) in [6, 6.07) is 10.7. The third kappa shape index (κ3) is 6.07. The average molecular weight is 403 g/mol. The number of nitrogens with zero attached hydrogens (tertiary/aromatic N) is 3. The Kier molecular flexibility index (Phi) is 7.32. The summed E-state index contributed by atoms with van der Waals surface area (Å²) in [7, 11) is 0. The largest absolute Gasteiger partial charge is 0.478 e. The summed E-state index contributed by atoms with van der Waals surface area (Å²) in [5.74, 6) is -1.35. The number of rotatable bonds is 4. The van der Waals surface area contributed by atoms with Crippen LogP contribution in [0, 0.1) is 20.2 Å². The number of hydrogen-bond donors (Lipinski definition) is 1. The van der Waals surface area contributed by atoms with Gasteiger partial charge < -0.3 is 14.7 Å². The highest BCUT2D eigenvalue weighted by Crippen LogP contribution is 2.15. The second kappa shape index (κ2) is 9.90. The summed E-state index contributed by atoms with van der Waals surface area (Å²) in [6.07, 6.45) is 0.